The Labute approximate surface area is 160 Å². The Morgan fingerprint density at radius 3 is 2.63 bits per heavy atom. The molecule has 6 nitrogen and oxygen atoms in total. The summed E-state index contributed by atoms with van der Waals surface area (Å²) in [7, 11) is 1.48. The molecule has 0 aromatic carbocycles. The van der Waals surface area contributed by atoms with Crippen LogP contribution in [0.15, 0.2) is 22.8 Å². The number of esters is 2. The van der Waals surface area contributed by atoms with Crippen LogP contribution in [-0.4, -0.2) is 42.1 Å². The van der Waals surface area contributed by atoms with E-state index in [0.29, 0.717) is 29.6 Å². The molecular formula is C21H30O6. The zero-order valence-electron chi connectivity index (χ0n) is 17.0. The molecule has 2 aliphatic carbocycles. The van der Waals surface area contributed by atoms with Crippen molar-refractivity contribution in [3.8, 4) is 0 Å². The van der Waals surface area contributed by atoms with E-state index in [9.17, 15) is 14.7 Å². The molecule has 2 saturated carbocycles. The largest absolute Gasteiger partial charge is 0.459 e. The first kappa shape index (κ1) is 20.1. The number of hydrogen-bond donors (Lipinski definition) is 1. The fraction of sp³-hybridized carbons (Fsp3) is 0.714. The van der Waals surface area contributed by atoms with Gasteiger partial charge in [0.25, 0.3) is 0 Å². The van der Waals surface area contributed by atoms with Crippen LogP contribution in [0.5, 0.6) is 0 Å². The lowest BCUT2D eigenvalue weighted by Gasteiger charge is -2.58. The molecule has 0 bridgehead atoms. The molecule has 0 aromatic rings. The molecule has 0 saturated heterocycles. The van der Waals surface area contributed by atoms with Crippen LogP contribution in [0, 0.1) is 17.3 Å². The lowest BCUT2D eigenvalue weighted by molar-refractivity contribution is -0.247. The lowest BCUT2D eigenvalue weighted by Crippen LogP contribution is -2.62. The molecule has 0 aromatic heterocycles. The zero-order valence-corrected chi connectivity index (χ0v) is 17.0. The van der Waals surface area contributed by atoms with Gasteiger partial charge < -0.3 is 19.3 Å². The fourth-order valence-electron chi connectivity index (χ4n) is 5.08. The Morgan fingerprint density at radius 1 is 1.37 bits per heavy atom. The Kier molecular flexibility index (Phi) is 5.02. The van der Waals surface area contributed by atoms with Crippen molar-refractivity contribution in [3.05, 3.63) is 22.8 Å². The van der Waals surface area contributed by atoms with E-state index in [-0.39, 0.29) is 23.9 Å². The van der Waals surface area contributed by atoms with Crippen molar-refractivity contribution in [2.75, 3.05) is 7.11 Å². The average Bonchev–Trinajstić information content (AvgIpc) is 2.90. The predicted octanol–water partition coefficient (Wildman–Crippen LogP) is 2.90. The molecule has 3 aliphatic rings. The van der Waals surface area contributed by atoms with Gasteiger partial charge >= 0.3 is 11.9 Å². The normalized spacial score (nSPS) is 41.7. The van der Waals surface area contributed by atoms with Gasteiger partial charge in [-0.15, -0.1) is 0 Å². The Hall–Kier alpha value is -1.66. The minimum absolute atomic E-state index is 0.188. The third-order valence-corrected chi connectivity index (χ3v) is 7.27. The summed E-state index contributed by atoms with van der Waals surface area (Å²) in [5.74, 6) is -2.07. The Balaban J connectivity index is 2.03. The first-order valence-corrected chi connectivity index (χ1v) is 9.64. The number of methoxy groups -OCH3 is 1. The summed E-state index contributed by atoms with van der Waals surface area (Å²) in [5, 5.41) is 11.4. The van der Waals surface area contributed by atoms with Crippen LogP contribution in [0.4, 0.5) is 0 Å². The van der Waals surface area contributed by atoms with Crippen molar-refractivity contribution in [2.24, 2.45) is 17.3 Å². The van der Waals surface area contributed by atoms with Gasteiger partial charge in [-0.05, 0) is 39.5 Å². The Bertz CT molecular complexity index is 722. The first-order chi connectivity index (χ1) is 12.6. The van der Waals surface area contributed by atoms with Crippen molar-refractivity contribution < 1.29 is 28.9 Å². The highest BCUT2D eigenvalue weighted by molar-refractivity contribution is 5.92. The van der Waals surface area contributed by atoms with E-state index in [1.807, 2.05) is 6.92 Å². The highest BCUT2D eigenvalue weighted by Crippen LogP contribution is 2.60. The molecule has 2 fully saturated rings. The molecule has 0 spiro atoms. The highest BCUT2D eigenvalue weighted by Gasteiger charge is 2.65. The van der Waals surface area contributed by atoms with Crippen LogP contribution < -0.4 is 0 Å². The van der Waals surface area contributed by atoms with Crippen LogP contribution in [0.2, 0.25) is 0 Å². The molecular weight excluding hydrogens is 348 g/mol. The van der Waals surface area contributed by atoms with E-state index in [0.717, 1.165) is 6.42 Å². The standard InChI is InChI=1S/C21H30O6/c1-7-11(2)18(23)26-15-9-8-12(3)20(5)14(15)10-21(25-6)16(17(20)22)13(4)19(24)27-21/h7,12,14-15,17,22H,8-10H2,1-6H3/b11-7-/t12-,14+,15+,17+,20+,21-/m0/s1. The van der Waals surface area contributed by atoms with Crippen LogP contribution in [0.3, 0.4) is 0 Å². The SMILES string of the molecule is C/C=C(/C)C(=O)O[C@@H]1CC[C@H](C)[C@@]2(C)[C@H](O)C3=C(C)C(=O)O[C@@]3(OC)C[C@H]12. The Morgan fingerprint density at radius 2 is 2.04 bits per heavy atom. The number of aliphatic hydroxyl groups excluding tert-OH is 1. The first-order valence-electron chi connectivity index (χ1n) is 9.64. The van der Waals surface area contributed by atoms with Gasteiger partial charge in [-0.3, -0.25) is 0 Å². The molecule has 6 atom stereocenters. The van der Waals surface area contributed by atoms with Gasteiger partial charge in [-0.25, -0.2) is 9.59 Å². The molecule has 1 heterocycles. The minimum Gasteiger partial charge on any atom is -0.459 e. The van der Waals surface area contributed by atoms with E-state index >= 15 is 0 Å². The van der Waals surface area contributed by atoms with E-state index in [1.165, 1.54) is 7.11 Å². The maximum absolute atomic E-state index is 12.4. The molecule has 6 heteroatoms. The van der Waals surface area contributed by atoms with Crippen molar-refractivity contribution in [3.63, 3.8) is 0 Å². The number of hydrogen-bond acceptors (Lipinski definition) is 6. The lowest BCUT2D eigenvalue weighted by atomic mass is 9.51. The predicted molar refractivity (Wildman–Crippen MR) is 98.5 cm³/mol. The molecule has 1 N–H and O–H groups in total. The molecule has 0 unspecified atom stereocenters. The van der Waals surface area contributed by atoms with Gasteiger partial charge in [0.2, 0.25) is 5.79 Å². The minimum atomic E-state index is -1.28. The number of ether oxygens (including phenoxy) is 3. The topological polar surface area (TPSA) is 82.1 Å². The molecule has 27 heavy (non-hydrogen) atoms. The van der Waals surface area contributed by atoms with Crippen LogP contribution in [0.1, 0.15) is 53.9 Å². The molecule has 150 valence electrons. The van der Waals surface area contributed by atoms with E-state index in [4.69, 9.17) is 14.2 Å². The fourth-order valence-corrected chi connectivity index (χ4v) is 5.08. The second kappa shape index (κ2) is 6.74. The summed E-state index contributed by atoms with van der Waals surface area (Å²) in [6, 6.07) is 0. The monoisotopic (exact) mass is 378 g/mol. The highest BCUT2D eigenvalue weighted by atomic mass is 16.7. The smallest absolute Gasteiger partial charge is 0.336 e. The van der Waals surface area contributed by atoms with E-state index in [2.05, 4.69) is 6.92 Å². The maximum Gasteiger partial charge on any atom is 0.336 e. The van der Waals surface area contributed by atoms with E-state index < -0.39 is 23.3 Å². The summed E-state index contributed by atoms with van der Waals surface area (Å²) in [6.07, 6.45) is 2.37. The van der Waals surface area contributed by atoms with Gasteiger partial charge in [0.1, 0.15) is 6.10 Å². The summed E-state index contributed by atoms with van der Waals surface area (Å²) < 4.78 is 17.1. The van der Waals surface area contributed by atoms with Gasteiger partial charge in [-0.2, -0.15) is 0 Å². The van der Waals surface area contributed by atoms with Gasteiger partial charge in [0.05, 0.1) is 6.10 Å². The van der Waals surface area contributed by atoms with Crippen LogP contribution >= 0.6 is 0 Å². The third-order valence-electron chi connectivity index (χ3n) is 7.27. The van der Waals surface area contributed by atoms with Crippen molar-refractivity contribution in [2.45, 2.75) is 71.9 Å². The number of rotatable bonds is 3. The quantitative estimate of drug-likeness (QED) is 0.601. The average molecular weight is 378 g/mol. The molecule has 0 amide bonds. The van der Waals surface area contributed by atoms with Gasteiger partial charge in [-0.1, -0.05) is 19.9 Å². The van der Waals surface area contributed by atoms with Crippen LogP contribution in [0.25, 0.3) is 0 Å². The number of allylic oxidation sites excluding steroid dienone is 1. The summed E-state index contributed by atoms with van der Waals surface area (Å²) in [6.45, 7) is 9.33. The summed E-state index contributed by atoms with van der Waals surface area (Å²) in [5.41, 5.74) is 0.953. The molecule has 3 rings (SSSR count). The van der Waals surface area contributed by atoms with Crippen molar-refractivity contribution in [1.29, 1.82) is 0 Å². The zero-order chi connectivity index (χ0) is 20.1. The number of fused-ring (bicyclic) bond motifs is 2. The van der Waals surface area contributed by atoms with Crippen molar-refractivity contribution in [1.82, 2.24) is 0 Å². The maximum atomic E-state index is 12.4. The molecule has 1 aliphatic heterocycles. The number of carbonyl (C=O) groups excluding carboxylic acids is 2. The van der Waals surface area contributed by atoms with E-state index in [1.54, 1.807) is 26.8 Å². The second-order valence-electron chi connectivity index (χ2n) is 8.36. The molecule has 0 radical (unpaired) electrons. The van der Waals surface area contributed by atoms with Gasteiger partial charge in [0.15, 0.2) is 0 Å². The van der Waals surface area contributed by atoms with Gasteiger partial charge in [0, 0.05) is 41.6 Å². The summed E-state index contributed by atoms with van der Waals surface area (Å²) in [4.78, 5) is 24.7. The third kappa shape index (κ3) is 2.76. The van der Waals surface area contributed by atoms with Crippen molar-refractivity contribution >= 4 is 11.9 Å². The summed E-state index contributed by atoms with van der Waals surface area (Å²) >= 11 is 0. The van der Waals surface area contributed by atoms with Crippen LogP contribution in [-0.2, 0) is 23.8 Å². The number of aliphatic hydroxyl groups is 1. The second-order valence-corrected chi connectivity index (χ2v) is 8.36. The number of carbonyl (C=O) groups is 2.